The Balaban J connectivity index is 1.95. The first-order valence-corrected chi connectivity index (χ1v) is 7.15. The van der Waals surface area contributed by atoms with E-state index in [9.17, 15) is 13.6 Å². The van der Waals surface area contributed by atoms with Crippen molar-refractivity contribution in [3.8, 4) is 5.75 Å². The van der Waals surface area contributed by atoms with Gasteiger partial charge in [0.25, 0.3) is 0 Å². The van der Waals surface area contributed by atoms with Crippen LogP contribution < -0.4 is 15.4 Å². The lowest BCUT2D eigenvalue weighted by Crippen LogP contribution is -2.43. The zero-order valence-electron chi connectivity index (χ0n) is 11.9. The molecule has 0 saturated carbocycles. The third kappa shape index (κ3) is 4.67. The minimum Gasteiger partial charge on any atom is -0.435 e. The van der Waals surface area contributed by atoms with Crippen LogP contribution >= 0.6 is 0 Å². The van der Waals surface area contributed by atoms with Gasteiger partial charge in [-0.1, -0.05) is 12.1 Å². The molecule has 0 aromatic heterocycles. The number of nitrogens with one attached hydrogen (secondary N) is 2. The van der Waals surface area contributed by atoms with E-state index in [0.29, 0.717) is 0 Å². The van der Waals surface area contributed by atoms with E-state index in [1.165, 1.54) is 12.1 Å². The predicted octanol–water partition coefficient (Wildman–Crippen LogP) is 2.61. The van der Waals surface area contributed by atoms with Crippen molar-refractivity contribution in [2.24, 2.45) is 0 Å². The summed E-state index contributed by atoms with van der Waals surface area (Å²) in [5, 5.41) is 6.16. The molecular weight excluding hydrogens is 278 g/mol. The van der Waals surface area contributed by atoms with Gasteiger partial charge < -0.3 is 10.1 Å². The van der Waals surface area contributed by atoms with Crippen LogP contribution in [0.25, 0.3) is 0 Å². The Morgan fingerprint density at radius 2 is 2.00 bits per heavy atom. The summed E-state index contributed by atoms with van der Waals surface area (Å²) in [6, 6.07) is 6.21. The van der Waals surface area contributed by atoms with Crippen molar-refractivity contribution < 1.29 is 18.3 Å². The van der Waals surface area contributed by atoms with Gasteiger partial charge in [0.1, 0.15) is 5.75 Å². The zero-order chi connectivity index (χ0) is 15.2. The third-order valence-corrected chi connectivity index (χ3v) is 3.59. The summed E-state index contributed by atoms with van der Waals surface area (Å²) in [7, 11) is 0. The molecular formula is C15H20F2N2O2. The van der Waals surface area contributed by atoms with E-state index in [0.717, 1.165) is 31.4 Å². The summed E-state index contributed by atoms with van der Waals surface area (Å²) >= 11 is 0. The molecule has 116 valence electrons. The summed E-state index contributed by atoms with van der Waals surface area (Å²) in [6.07, 6.45) is 2.81. The second-order valence-electron chi connectivity index (χ2n) is 5.18. The van der Waals surface area contributed by atoms with Crippen LogP contribution in [0.15, 0.2) is 24.3 Å². The highest BCUT2D eigenvalue weighted by Gasteiger charge is 2.22. The lowest BCUT2D eigenvalue weighted by Gasteiger charge is -2.21. The fraction of sp³-hybridized carbons (Fsp3) is 0.533. The topological polar surface area (TPSA) is 50.4 Å². The van der Waals surface area contributed by atoms with E-state index in [2.05, 4.69) is 15.4 Å². The normalized spacial score (nSPS) is 20.8. The molecule has 1 aliphatic rings. The number of benzene rings is 1. The molecule has 4 nitrogen and oxygen atoms in total. The lowest BCUT2D eigenvalue weighted by molar-refractivity contribution is -0.123. The number of hydrogen-bond acceptors (Lipinski definition) is 3. The average molecular weight is 298 g/mol. The van der Waals surface area contributed by atoms with Crippen molar-refractivity contribution in [3.05, 3.63) is 29.8 Å². The van der Waals surface area contributed by atoms with E-state index in [1.54, 1.807) is 12.1 Å². The van der Waals surface area contributed by atoms with Crippen LogP contribution in [0.5, 0.6) is 5.75 Å². The lowest BCUT2D eigenvalue weighted by atomic mass is 10.0. The zero-order valence-corrected chi connectivity index (χ0v) is 11.9. The molecule has 1 fully saturated rings. The molecule has 1 aromatic carbocycles. The van der Waals surface area contributed by atoms with Gasteiger partial charge >= 0.3 is 6.61 Å². The third-order valence-electron chi connectivity index (χ3n) is 3.59. The Morgan fingerprint density at radius 3 is 2.67 bits per heavy atom. The van der Waals surface area contributed by atoms with Crippen LogP contribution in [0.2, 0.25) is 0 Å². The highest BCUT2D eigenvalue weighted by atomic mass is 19.3. The van der Waals surface area contributed by atoms with Gasteiger partial charge in [0.2, 0.25) is 5.91 Å². The Morgan fingerprint density at radius 1 is 1.29 bits per heavy atom. The Bertz CT molecular complexity index is 465. The van der Waals surface area contributed by atoms with Gasteiger partial charge in [0.15, 0.2) is 0 Å². The van der Waals surface area contributed by atoms with Gasteiger partial charge in [0.05, 0.1) is 6.04 Å². The Kier molecular flexibility index (Phi) is 5.50. The smallest absolute Gasteiger partial charge is 0.387 e. The average Bonchev–Trinajstić information content (AvgIpc) is 2.64. The van der Waals surface area contributed by atoms with E-state index in [4.69, 9.17) is 0 Å². The van der Waals surface area contributed by atoms with Crippen LogP contribution in [0.1, 0.15) is 37.8 Å². The molecule has 6 heteroatoms. The molecule has 1 aliphatic heterocycles. The molecule has 0 spiro atoms. The first-order chi connectivity index (χ1) is 10.1. The summed E-state index contributed by atoms with van der Waals surface area (Å²) in [6.45, 7) is -0.146. The van der Waals surface area contributed by atoms with E-state index in [1.807, 2.05) is 6.92 Å². The fourth-order valence-corrected chi connectivity index (χ4v) is 2.43. The van der Waals surface area contributed by atoms with Crippen molar-refractivity contribution in [1.29, 1.82) is 0 Å². The minimum atomic E-state index is -2.82. The van der Waals surface area contributed by atoms with Crippen molar-refractivity contribution in [2.75, 3.05) is 6.54 Å². The SMILES string of the molecule is CC(NC1CCCCNC1=O)c1ccc(OC(F)F)cc1. The van der Waals surface area contributed by atoms with Crippen LogP contribution in [0, 0.1) is 0 Å². The van der Waals surface area contributed by atoms with E-state index in [-0.39, 0.29) is 23.7 Å². The molecule has 1 heterocycles. The maximum absolute atomic E-state index is 12.1. The molecule has 1 aromatic rings. The van der Waals surface area contributed by atoms with Crippen LogP contribution in [0.3, 0.4) is 0 Å². The van der Waals surface area contributed by atoms with E-state index >= 15 is 0 Å². The minimum absolute atomic E-state index is 0.0250. The largest absolute Gasteiger partial charge is 0.435 e. The first-order valence-electron chi connectivity index (χ1n) is 7.15. The molecule has 21 heavy (non-hydrogen) atoms. The van der Waals surface area contributed by atoms with Gasteiger partial charge in [0, 0.05) is 12.6 Å². The van der Waals surface area contributed by atoms with Crippen molar-refractivity contribution in [1.82, 2.24) is 10.6 Å². The monoisotopic (exact) mass is 298 g/mol. The standard InChI is InChI=1S/C15H20F2N2O2/c1-10(19-13-4-2-3-9-18-14(13)20)11-5-7-12(8-6-11)21-15(16)17/h5-8,10,13,15,19H,2-4,9H2,1H3,(H,18,20). The van der Waals surface area contributed by atoms with Crippen LogP contribution in [0.4, 0.5) is 8.78 Å². The van der Waals surface area contributed by atoms with Gasteiger partial charge in [-0.15, -0.1) is 0 Å². The number of rotatable bonds is 5. The number of carbonyl (C=O) groups excluding carboxylic acids is 1. The Hall–Kier alpha value is -1.69. The summed E-state index contributed by atoms with van der Waals surface area (Å²) < 4.78 is 28.5. The van der Waals surface area contributed by atoms with Crippen LogP contribution in [-0.2, 0) is 4.79 Å². The number of hydrogen-bond donors (Lipinski definition) is 2. The van der Waals surface area contributed by atoms with Gasteiger partial charge in [-0.05, 0) is 43.9 Å². The molecule has 0 aliphatic carbocycles. The molecule has 0 radical (unpaired) electrons. The number of halogens is 2. The quantitative estimate of drug-likeness (QED) is 0.878. The first kappa shape index (κ1) is 15.7. The maximum Gasteiger partial charge on any atom is 0.387 e. The molecule has 2 unspecified atom stereocenters. The molecule has 2 N–H and O–H groups in total. The van der Waals surface area contributed by atoms with Crippen molar-refractivity contribution in [3.63, 3.8) is 0 Å². The number of amides is 1. The fourth-order valence-electron chi connectivity index (χ4n) is 2.43. The molecule has 1 saturated heterocycles. The summed E-state index contributed by atoms with van der Waals surface area (Å²) in [5.74, 6) is 0.158. The number of ether oxygens (including phenoxy) is 1. The number of alkyl halides is 2. The van der Waals surface area contributed by atoms with Gasteiger partial charge in [-0.25, -0.2) is 0 Å². The highest BCUT2D eigenvalue weighted by Crippen LogP contribution is 2.20. The molecule has 1 amide bonds. The van der Waals surface area contributed by atoms with Crippen LogP contribution in [-0.4, -0.2) is 25.1 Å². The molecule has 0 bridgehead atoms. The highest BCUT2D eigenvalue weighted by molar-refractivity contribution is 5.81. The van der Waals surface area contributed by atoms with Crippen molar-refractivity contribution >= 4 is 5.91 Å². The second-order valence-corrected chi connectivity index (χ2v) is 5.18. The summed E-state index contributed by atoms with van der Waals surface area (Å²) in [4.78, 5) is 11.9. The van der Waals surface area contributed by atoms with Gasteiger partial charge in [-0.3, -0.25) is 10.1 Å². The van der Waals surface area contributed by atoms with Crippen molar-refractivity contribution in [2.45, 2.75) is 44.9 Å². The Labute approximate surface area is 122 Å². The maximum atomic E-state index is 12.1. The van der Waals surface area contributed by atoms with Gasteiger partial charge in [-0.2, -0.15) is 8.78 Å². The second kappa shape index (κ2) is 7.36. The molecule has 2 rings (SSSR count). The predicted molar refractivity (Wildman–Crippen MR) is 75.3 cm³/mol. The van der Waals surface area contributed by atoms with E-state index < -0.39 is 6.61 Å². The molecule has 2 atom stereocenters. The number of carbonyl (C=O) groups is 1. The summed E-state index contributed by atoms with van der Waals surface area (Å²) in [5.41, 5.74) is 0.925.